The number of nitrogens with zero attached hydrogens (tertiary/aromatic N) is 1. The Morgan fingerprint density at radius 2 is 1.93 bits per heavy atom. The van der Waals surface area contributed by atoms with E-state index in [1.54, 1.807) is 4.90 Å². The molecule has 0 spiro atoms. The van der Waals surface area contributed by atoms with Crippen molar-refractivity contribution in [1.82, 2.24) is 4.90 Å². The van der Waals surface area contributed by atoms with Crippen LogP contribution in [0.15, 0.2) is 0 Å². The normalized spacial score (nSPS) is 17.9. The van der Waals surface area contributed by atoms with E-state index in [9.17, 15) is 4.79 Å². The van der Waals surface area contributed by atoms with Gasteiger partial charge in [0.1, 0.15) is 0 Å². The number of hydrogen-bond donors (Lipinski definition) is 0. The van der Waals surface area contributed by atoms with Gasteiger partial charge in [0.25, 0.3) is 0 Å². The zero-order valence-electron chi connectivity index (χ0n) is 9.67. The van der Waals surface area contributed by atoms with Gasteiger partial charge in [0.05, 0.1) is 6.54 Å². The Bertz CT molecular complexity index is 233. The van der Waals surface area contributed by atoms with Crippen LogP contribution in [0.4, 0.5) is 0 Å². The number of hydrogen-bond acceptors (Lipinski definition) is 1. The van der Waals surface area contributed by atoms with Crippen molar-refractivity contribution in [1.29, 1.82) is 0 Å². The number of carbonyl (C=O) groups excluding carboxylic acids is 1. The third-order valence-corrected chi connectivity index (χ3v) is 3.18. The van der Waals surface area contributed by atoms with Gasteiger partial charge < -0.3 is 4.90 Å². The van der Waals surface area contributed by atoms with Crippen molar-refractivity contribution in [2.24, 2.45) is 5.92 Å². The highest BCUT2D eigenvalue weighted by molar-refractivity contribution is 5.79. The van der Waals surface area contributed by atoms with E-state index >= 15 is 0 Å². The predicted octanol–water partition coefficient (Wildman–Crippen LogP) is 2.44. The van der Waals surface area contributed by atoms with Gasteiger partial charge in [0.2, 0.25) is 5.91 Å². The molecule has 1 aliphatic carbocycles. The van der Waals surface area contributed by atoms with E-state index in [4.69, 9.17) is 6.42 Å². The molecule has 1 saturated carbocycles. The topological polar surface area (TPSA) is 20.3 Å². The molecular weight excluding hydrogens is 186 g/mol. The standard InChI is InChI=1S/C13H21NO/c1-3-11-14(4-2)13(15)12-9-7-5-6-8-10-12/h1,12H,4-11H2,2H3. The maximum Gasteiger partial charge on any atom is 0.226 e. The molecule has 0 bridgehead atoms. The molecule has 0 unspecified atom stereocenters. The fourth-order valence-electron chi connectivity index (χ4n) is 2.24. The van der Waals surface area contributed by atoms with Crippen LogP contribution in [0, 0.1) is 18.3 Å². The minimum absolute atomic E-state index is 0.237. The second-order valence-corrected chi connectivity index (χ2v) is 4.25. The third kappa shape index (κ3) is 3.58. The van der Waals surface area contributed by atoms with E-state index in [0.717, 1.165) is 19.4 Å². The van der Waals surface area contributed by atoms with Gasteiger partial charge in [-0.15, -0.1) is 6.42 Å². The van der Waals surface area contributed by atoms with Crippen molar-refractivity contribution < 1.29 is 4.79 Å². The van der Waals surface area contributed by atoms with Gasteiger partial charge in [-0.2, -0.15) is 0 Å². The Hall–Kier alpha value is -0.970. The van der Waals surface area contributed by atoms with Gasteiger partial charge >= 0.3 is 0 Å². The smallest absolute Gasteiger partial charge is 0.226 e. The zero-order valence-corrected chi connectivity index (χ0v) is 9.67. The maximum atomic E-state index is 12.1. The van der Waals surface area contributed by atoms with Crippen molar-refractivity contribution in [2.45, 2.75) is 45.4 Å². The molecule has 0 atom stereocenters. The highest BCUT2D eigenvalue weighted by atomic mass is 16.2. The number of carbonyl (C=O) groups is 1. The summed E-state index contributed by atoms with van der Waals surface area (Å²) in [5, 5.41) is 0. The predicted molar refractivity (Wildman–Crippen MR) is 62.3 cm³/mol. The molecule has 0 aromatic heterocycles. The van der Waals surface area contributed by atoms with Gasteiger partial charge in [0, 0.05) is 12.5 Å². The molecule has 0 N–H and O–H groups in total. The first-order chi connectivity index (χ1) is 7.29. The molecule has 1 rings (SSSR count). The largest absolute Gasteiger partial charge is 0.332 e. The number of rotatable bonds is 3. The molecule has 0 radical (unpaired) electrons. The molecule has 84 valence electrons. The summed E-state index contributed by atoms with van der Waals surface area (Å²) in [4.78, 5) is 13.9. The first kappa shape index (κ1) is 12.1. The monoisotopic (exact) mass is 207 g/mol. The molecule has 0 saturated heterocycles. The zero-order chi connectivity index (χ0) is 11.1. The van der Waals surface area contributed by atoms with Crippen molar-refractivity contribution in [3.05, 3.63) is 0 Å². The molecule has 0 aromatic carbocycles. The van der Waals surface area contributed by atoms with Gasteiger partial charge in [-0.25, -0.2) is 0 Å². The van der Waals surface area contributed by atoms with Crippen LogP contribution in [0.25, 0.3) is 0 Å². The molecule has 15 heavy (non-hydrogen) atoms. The second kappa shape index (κ2) is 6.50. The summed E-state index contributed by atoms with van der Waals surface area (Å²) in [5.41, 5.74) is 0. The number of terminal acetylenes is 1. The Kier molecular flexibility index (Phi) is 5.25. The van der Waals surface area contributed by atoms with Crippen molar-refractivity contribution in [2.75, 3.05) is 13.1 Å². The van der Waals surface area contributed by atoms with Crippen LogP contribution in [0.3, 0.4) is 0 Å². The van der Waals surface area contributed by atoms with Gasteiger partial charge in [-0.3, -0.25) is 4.79 Å². The highest BCUT2D eigenvalue weighted by Crippen LogP contribution is 2.24. The van der Waals surface area contributed by atoms with E-state index in [0.29, 0.717) is 6.54 Å². The van der Waals surface area contributed by atoms with Crippen molar-refractivity contribution in [3.63, 3.8) is 0 Å². The molecule has 0 aromatic rings. The summed E-state index contributed by atoms with van der Waals surface area (Å²) in [6.45, 7) is 3.19. The molecule has 0 heterocycles. The lowest BCUT2D eigenvalue weighted by molar-refractivity contribution is -0.135. The van der Waals surface area contributed by atoms with Gasteiger partial charge in [-0.05, 0) is 19.8 Å². The van der Waals surface area contributed by atoms with Crippen molar-refractivity contribution >= 4 is 5.91 Å². The lowest BCUT2D eigenvalue weighted by Crippen LogP contribution is -2.36. The van der Waals surface area contributed by atoms with Crippen LogP contribution >= 0.6 is 0 Å². The van der Waals surface area contributed by atoms with E-state index in [1.165, 1.54) is 25.7 Å². The lowest BCUT2D eigenvalue weighted by Gasteiger charge is -2.23. The summed E-state index contributed by atoms with van der Waals surface area (Å²) in [7, 11) is 0. The lowest BCUT2D eigenvalue weighted by atomic mass is 9.99. The SMILES string of the molecule is C#CCN(CC)C(=O)C1CCCCCC1. The van der Waals surface area contributed by atoms with Gasteiger partial charge in [-0.1, -0.05) is 31.6 Å². The molecule has 1 aliphatic rings. The molecule has 1 fully saturated rings. The molecular formula is C13H21NO. The first-order valence-electron chi connectivity index (χ1n) is 6.01. The van der Waals surface area contributed by atoms with Crippen LogP contribution in [0.5, 0.6) is 0 Å². The van der Waals surface area contributed by atoms with Crippen molar-refractivity contribution in [3.8, 4) is 12.3 Å². The van der Waals surface area contributed by atoms with E-state index in [-0.39, 0.29) is 11.8 Å². The number of amides is 1. The van der Waals surface area contributed by atoms with Crippen LogP contribution in [0.1, 0.15) is 45.4 Å². The highest BCUT2D eigenvalue weighted by Gasteiger charge is 2.23. The van der Waals surface area contributed by atoms with Gasteiger partial charge in [0.15, 0.2) is 0 Å². The summed E-state index contributed by atoms with van der Waals surface area (Å²) in [6.07, 6.45) is 12.3. The molecule has 2 nitrogen and oxygen atoms in total. The summed E-state index contributed by atoms with van der Waals surface area (Å²) >= 11 is 0. The minimum atomic E-state index is 0.237. The average molecular weight is 207 g/mol. The summed E-state index contributed by atoms with van der Waals surface area (Å²) in [6, 6.07) is 0. The Balaban J connectivity index is 2.52. The average Bonchev–Trinajstić information content (AvgIpc) is 2.53. The minimum Gasteiger partial charge on any atom is -0.332 e. The Morgan fingerprint density at radius 1 is 1.33 bits per heavy atom. The van der Waals surface area contributed by atoms with E-state index < -0.39 is 0 Å². The summed E-state index contributed by atoms with van der Waals surface area (Å²) in [5.74, 6) is 3.07. The fourth-order valence-corrected chi connectivity index (χ4v) is 2.24. The van der Waals surface area contributed by atoms with E-state index in [2.05, 4.69) is 5.92 Å². The Morgan fingerprint density at radius 3 is 2.40 bits per heavy atom. The van der Waals surface area contributed by atoms with E-state index in [1.807, 2.05) is 6.92 Å². The maximum absolute atomic E-state index is 12.1. The molecule has 2 heteroatoms. The summed E-state index contributed by atoms with van der Waals surface area (Å²) < 4.78 is 0. The second-order valence-electron chi connectivity index (χ2n) is 4.25. The van der Waals surface area contributed by atoms with Crippen LogP contribution in [0.2, 0.25) is 0 Å². The van der Waals surface area contributed by atoms with Crippen LogP contribution < -0.4 is 0 Å². The first-order valence-corrected chi connectivity index (χ1v) is 6.01. The molecule has 1 amide bonds. The Labute approximate surface area is 93.0 Å². The quantitative estimate of drug-likeness (QED) is 0.514. The molecule has 0 aliphatic heterocycles. The van der Waals surface area contributed by atoms with Crippen LogP contribution in [-0.2, 0) is 4.79 Å². The van der Waals surface area contributed by atoms with Crippen LogP contribution in [-0.4, -0.2) is 23.9 Å². The third-order valence-electron chi connectivity index (χ3n) is 3.18. The fraction of sp³-hybridized carbons (Fsp3) is 0.769.